The van der Waals surface area contributed by atoms with Crippen molar-refractivity contribution in [3.63, 3.8) is 0 Å². The third kappa shape index (κ3) is 8.64. The van der Waals surface area contributed by atoms with Crippen LogP contribution >= 0.6 is 0 Å². The molecule has 0 spiro atoms. The standard InChI is InChI=1S/C10H15N3O2.C2HF3O2/c1-15-9-4-2-8(3-5-9)13-10(14)12-7-6-11;3-2(4,5)1(6)7/h2-5H,6-7,11H2,1H3,(H2,12,13,14);(H,6,7). The summed E-state index contributed by atoms with van der Waals surface area (Å²) in [6.07, 6.45) is -5.08. The van der Waals surface area contributed by atoms with E-state index in [1.54, 1.807) is 31.4 Å². The Hall–Kier alpha value is -2.49. The largest absolute Gasteiger partial charge is 0.497 e. The molecule has 0 aromatic heterocycles. The van der Waals surface area contributed by atoms with Crippen molar-refractivity contribution >= 4 is 17.7 Å². The Morgan fingerprint density at radius 2 is 1.77 bits per heavy atom. The minimum absolute atomic E-state index is 0.259. The number of nitrogens with one attached hydrogen (secondary N) is 2. The SMILES string of the molecule is COc1ccc(NC(=O)NCCN)cc1.O=C(O)C(F)(F)F. The number of hydrogen-bond acceptors (Lipinski definition) is 4. The van der Waals surface area contributed by atoms with Crippen LogP contribution in [0.3, 0.4) is 0 Å². The molecule has 0 fully saturated rings. The summed E-state index contributed by atoms with van der Waals surface area (Å²) in [7, 11) is 1.59. The summed E-state index contributed by atoms with van der Waals surface area (Å²) in [5, 5.41) is 12.4. The lowest BCUT2D eigenvalue weighted by Gasteiger charge is -2.07. The first kappa shape index (κ1) is 19.5. The van der Waals surface area contributed by atoms with Gasteiger partial charge in [0.05, 0.1) is 7.11 Å². The number of amides is 2. The van der Waals surface area contributed by atoms with Gasteiger partial charge in [-0.2, -0.15) is 13.2 Å². The summed E-state index contributed by atoms with van der Waals surface area (Å²) < 4.78 is 36.7. The van der Waals surface area contributed by atoms with Gasteiger partial charge in [0.2, 0.25) is 0 Å². The van der Waals surface area contributed by atoms with Gasteiger partial charge in [-0.25, -0.2) is 9.59 Å². The number of ether oxygens (including phenoxy) is 1. The van der Waals surface area contributed by atoms with E-state index in [9.17, 15) is 18.0 Å². The molecule has 0 saturated carbocycles. The first-order valence-corrected chi connectivity index (χ1v) is 5.89. The Morgan fingerprint density at radius 1 is 1.27 bits per heavy atom. The highest BCUT2D eigenvalue weighted by Crippen LogP contribution is 2.14. The van der Waals surface area contributed by atoms with Crippen LogP contribution in [0.4, 0.5) is 23.7 Å². The number of carboxylic acid groups (broad SMARTS) is 1. The number of carboxylic acids is 1. The zero-order chi connectivity index (χ0) is 17.2. The minimum Gasteiger partial charge on any atom is -0.497 e. The predicted octanol–water partition coefficient (Wildman–Crippen LogP) is 1.41. The lowest BCUT2D eigenvalue weighted by Crippen LogP contribution is -2.32. The van der Waals surface area contributed by atoms with Gasteiger partial charge in [-0.05, 0) is 24.3 Å². The van der Waals surface area contributed by atoms with Crippen LogP contribution in [-0.4, -0.2) is 43.5 Å². The number of anilines is 1. The molecule has 0 saturated heterocycles. The molecule has 0 atom stereocenters. The maximum atomic E-state index is 11.2. The second-order valence-corrected chi connectivity index (χ2v) is 3.70. The van der Waals surface area contributed by atoms with E-state index in [2.05, 4.69) is 10.6 Å². The maximum Gasteiger partial charge on any atom is 0.490 e. The van der Waals surface area contributed by atoms with Crippen LogP contribution < -0.4 is 21.1 Å². The normalized spacial score (nSPS) is 10.0. The number of benzene rings is 1. The van der Waals surface area contributed by atoms with Crippen molar-refractivity contribution in [1.29, 1.82) is 0 Å². The number of carbonyl (C=O) groups excluding carboxylic acids is 1. The van der Waals surface area contributed by atoms with Gasteiger partial charge in [-0.3, -0.25) is 0 Å². The van der Waals surface area contributed by atoms with Crippen molar-refractivity contribution in [2.45, 2.75) is 6.18 Å². The van der Waals surface area contributed by atoms with Crippen LogP contribution in [0.1, 0.15) is 0 Å². The molecule has 1 rings (SSSR count). The number of rotatable bonds is 4. The molecule has 0 aliphatic rings. The Kier molecular flexibility index (Phi) is 8.38. The fraction of sp³-hybridized carbons (Fsp3) is 0.333. The van der Waals surface area contributed by atoms with Crippen molar-refractivity contribution in [2.24, 2.45) is 5.73 Å². The Morgan fingerprint density at radius 3 is 2.14 bits per heavy atom. The third-order valence-electron chi connectivity index (χ3n) is 2.02. The quantitative estimate of drug-likeness (QED) is 0.669. The number of methoxy groups -OCH3 is 1. The first-order chi connectivity index (χ1) is 10.2. The first-order valence-electron chi connectivity index (χ1n) is 5.89. The minimum atomic E-state index is -5.08. The van der Waals surface area contributed by atoms with Gasteiger partial charge in [-0.15, -0.1) is 0 Å². The molecule has 0 aliphatic heterocycles. The van der Waals surface area contributed by atoms with Gasteiger partial charge >= 0.3 is 18.2 Å². The molecule has 2 amide bonds. The van der Waals surface area contributed by atoms with Crippen LogP contribution in [-0.2, 0) is 4.79 Å². The summed E-state index contributed by atoms with van der Waals surface area (Å²) in [4.78, 5) is 20.1. The predicted molar refractivity (Wildman–Crippen MR) is 72.8 cm³/mol. The molecule has 0 heterocycles. The smallest absolute Gasteiger partial charge is 0.490 e. The van der Waals surface area contributed by atoms with E-state index in [4.69, 9.17) is 20.4 Å². The summed E-state index contributed by atoms with van der Waals surface area (Å²) in [5.41, 5.74) is 5.96. The van der Waals surface area contributed by atoms with E-state index in [0.29, 0.717) is 18.8 Å². The second-order valence-electron chi connectivity index (χ2n) is 3.70. The zero-order valence-electron chi connectivity index (χ0n) is 11.6. The van der Waals surface area contributed by atoms with E-state index in [1.807, 2.05) is 0 Å². The van der Waals surface area contributed by atoms with E-state index in [1.165, 1.54) is 0 Å². The highest BCUT2D eigenvalue weighted by atomic mass is 19.4. The maximum absolute atomic E-state index is 11.2. The van der Waals surface area contributed by atoms with Gasteiger partial charge in [0.15, 0.2) is 0 Å². The van der Waals surface area contributed by atoms with Crippen molar-refractivity contribution in [2.75, 3.05) is 25.5 Å². The number of nitrogens with two attached hydrogens (primary N) is 1. The number of aliphatic carboxylic acids is 1. The van der Waals surface area contributed by atoms with Crippen molar-refractivity contribution in [3.05, 3.63) is 24.3 Å². The summed E-state index contributed by atoms with van der Waals surface area (Å²) in [6.45, 7) is 0.887. The molecule has 0 radical (unpaired) electrons. The monoisotopic (exact) mass is 323 g/mol. The van der Waals surface area contributed by atoms with Crippen LogP contribution in [0.15, 0.2) is 24.3 Å². The fourth-order valence-corrected chi connectivity index (χ4v) is 1.04. The van der Waals surface area contributed by atoms with Gasteiger partial charge in [0, 0.05) is 18.8 Å². The van der Waals surface area contributed by atoms with Gasteiger partial charge in [0.1, 0.15) is 5.75 Å². The highest BCUT2D eigenvalue weighted by molar-refractivity contribution is 5.89. The molecule has 7 nitrogen and oxygen atoms in total. The van der Waals surface area contributed by atoms with E-state index in [0.717, 1.165) is 5.75 Å². The van der Waals surface area contributed by atoms with Crippen LogP contribution in [0, 0.1) is 0 Å². The Labute approximate surface area is 124 Å². The molecule has 124 valence electrons. The van der Waals surface area contributed by atoms with Gasteiger partial charge < -0.3 is 26.2 Å². The summed E-state index contributed by atoms with van der Waals surface area (Å²) >= 11 is 0. The van der Waals surface area contributed by atoms with Crippen molar-refractivity contribution in [3.8, 4) is 5.75 Å². The Bertz CT molecular complexity index is 477. The molecular formula is C12H16F3N3O4. The third-order valence-corrected chi connectivity index (χ3v) is 2.02. The van der Waals surface area contributed by atoms with Crippen LogP contribution in [0.25, 0.3) is 0 Å². The lowest BCUT2D eigenvalue weighted by molar-refractivity contribution is -0.192. The van der Waals surface area contributed by atoms with E-state index < -0.39 is 12.1 Å². The fourth-order valence-electron chi connectivity index (χ4n) is 1.04. The van der Waals surface area contributed by atoms with E-state index in [-0.39, 0.29) is 6.03 Å². The molecular weight excluding hydrogens is 307 g/mol. The number of alkyl halides is 3. The van der Waals surface area contributed by atoms with Gasteiger partial charge in [0.25, 0.3) is 0 Å². The van der Waals surface area contributed by atoms with Crippen LogP contribution in [0.5, 0.6) is 5.75 Å². The average Bonchev–Trinajstić information content (AvgIpc) is 2.45. The highest BCUT2D eigenvalue weighted by Gasteiger charge is 2.38. The topological polar surface area (TPSA) is 114 Å². The zero-order valence-corrected chi connectivity index (χ0v) is 11.6. The molecule has 1 aromatic carbocycles. The van der Waals surface area contributed by atoms with Crippen molar-refractivity contribution in [1.82, 2.24) is 5.32 Å². The number of urea groups is 1. The molecule has 1 aromatic rings. The van der Waals surface area contributed by atoms with E-state index >= 15 is 0 Å². The van der Waals surface area contributed by atoms with Crippen molar-refractivity contribution < 1.29 is 32.6 Å². The molecule has 22 heavy (non-hydrogen) atoms. The Balaban J connectivity index is 0.000000534. The van der Waals surface area contributed by atoms with Crippen LogP contribution in [0.2, 0.25) is 0 Å². The average molecular weight is 323 g/mol. The molecule has 10 heteroatoms. The number of hydrogen-bond donors (Lipinski definition) is 4. The molecule has 0 aliphatic carbocycles. The molecule has 5 N–H and O–H groups in total. The second kappa shape index (κ2) is 9.45. The molecule has 0 bridgehead atoms. The number of halogens is 3. The lowest BCUT2D eigenvalue weighted by atomic mass is 10.3. The molecule has 0 unspecified atom stereocenters. The summed E-state index contributed by atoms with van der Waals surface area (Å²) in [5.74, 6) is -2.00. The van der Waals surface area contributed by atoms with Gasteiger partial charge in [-0.1, -0.05) is 0 Å². The summed E-state index contributed by atoms with van der Waals surface area (Å²) in [6, 6.07) is 6.82. The number of carbonyl (C=O) groups is 2.